The number of nitrogens with zero attached hydrogens (tertiary/aromatic N) is 2. The second-order valence-corrected chi connectivity index (χ2v) is 7.46. The van der Waals surface area contributed by atoms with E-state index in [2.05, 4.69) is 5.32 Å². The highest BCUT2D eigenvalue weighted by Crippen LogP contribution is 2.41. The van der Waals surface area contributed by atoms with Gasteiger partial charge in [-0.1, -0.05) is 17.7 Å². The smallest absolute Gasteiger partial charge is 0.327 e. The molecule has 0 fully saturated rings. The highest BCUT2D eigenvalue weighted by Gasteiger charge is 2.36. The molecule has 0 bridgehead atoms. The lowest BCUT2D eigenvalue weighted by Crippen LogP contribution is -2.50. The first-order valence-electron chi connectivity index (χ1n) is 8.57. The van der Waals surface area contributed by atoms with Gasteiger partial charge in [0.2, 0.25) is 0 Å². The van der Waals surface area contributed by atoms with Gasteiger partial charge in [0.1, 0.15) is 10.8 Å². The minimum absolute atomic E-state index is 0.0114. The second kappa shape index (κ2) is 7.16. The van der Waals surface area contributed by atoms with E-state index in [9.17, 15) is 14.9 Å². The third-order valence-corrected chi connectivity index (χ3v) is 4.93. The van der Waals surface area contributed by atoms with Gasteiger partial charge in [-0.25, -0.2) is 4.79 Å². The Kier molecular flexibility index (Phi) is 5.04. The predicted molar refractivity (Wildman–Crippen MR) is 110 cm³/mol. The number of nitrogens with one attached hydrogen (secondary N) is 1. The molecule has 1 N–H and O–H groups in total. The van der Waals surface area contributed by atoms with Crippen LogP contribution in [0.25, 0.3) is 5.57 Å². The molecule has 28 heavy (non-hydrogen) atoms. The Morgan fingerprint density at radius 2 is 1.96 bits per heavy atom. The Morgan fingerprint density at radius 1 is 1.25 bits per heavy atom. The number of amides is 2. The predicted octanol–water partition coefficient (Wildman–Crippen LogP) is 5.49. The van der Waals surface area contributed by atoms with Gasteiger partial charge < -0.3 is 10.1 Å². The fourth-order valence-corrected chi connectivity index (χ4v) is 3.60. The fourth-order valence-electron chi connectivity index (χ4n) is 3.42. The van der Waals surface area contributed by atoms with Gasteiger partial charge in [-0.15, -0.1) is 0 Å². The maximum atomic E-state index is 13.1. The lowest BCUT2D eigenvalue weighted by molar-refractivity contribution is -0.384. The number of carbonyl (C=O) groups is 1. The van der Waals surface area contributed by atoms with Gasteiger partial charge in [0.05, 0.1) is 23.3 Å². The van der Waals surface area contributed by atoms with Crippen molar-refractivity contribution in [2.24, 2.45) is 0 Å². The Labute approximate surface area is 167 Å². The first kappa shape index (κ1) is 19.7. The van der Waals surface area contributed by atoms with E-state index in [1.54, 1.807) is 18.1 Å². The molecule has 146 valence electrons. The summed E-state index contributed by atoms with van der Waals surface area (Å²) in [6.45, 7) is 5.83. The molecule has 2 aromatic carbocycles. The van der Waals surface area contributed by atoms with Crippen LogP contribution in [0.5, 0.6) is 5.75 Å². The zero-order chi connectivity index (χ0) is 20.6. The molecule has 8 heteroatoms. The lowest BCUT2D eigenvalue weighted by Gasteiger charge is -2.41. The average Bonchev–Trinajstić information content (AvgIpc) is 2.62. The van der Waals surface area contributed by atoms with Crippen LogP contribution in [0.3, 0.4) is 0 Å². The molecule has 1 aliphatic rings. The van der Waals surface area contributed by atoms with E-state index < -0.39 is 16.5 Å². The molecule has 0 radical (unpaired) electrons. The lowest BCUT2D eigenvalue weighted by atomic mass is 9.89. The summed E-state index contributed by atoms with van der Waals surface area (Å²) in [5, 5.41) is 13.9. The third kappa shape index (κ3) is 3.53. The minimum atomic E-state index is -0.603. The molecule has 0 atom stereocenters. The molecule has 3 rings (SSSR count). The molecule has 7 nitrogen and oxygen atoms in total. The van der Waals surface area contributed by atoms with Gasteiger partial charge in [0, 0.05) is 17.3 Å². The number of nitro benzene ring substituents is 1. The number of benzene rings is 2. The molecule has 1 aliphatic heterocycles. The van der Waals surface area contributed by atoms with Gasteiger partial charge >= 0.3 is 6.03 Å². The standard InChI is InChI=1S/C20H20ClN3O4/c1-12-11-20(2,3)23(17-8-6-14(28-4)10-15(12)17)19(25)22-13-5-7-16(21)18(9-13)24(26)27/h5-11H,1-4H3,(H,22,25). The number of allylic oxidation sites excluding steroid dienone is 1. The third-order valence-electron chi connectivity index (χ3n) is 4.61. The number of hydrogen-bond acceptors (Lipinski definition) is 4. The largest absolute Gasteiger partial charge is 0.497 e. The Morgan fingerprint density at radius 3 is 2.61 bits per heavy atom. The van der Waals surface area contributed by atoms with E-state index in [1.165, 1.54) is 18.2 Å². The number of anilines is 2. The Bertz CT molecular complexity index is 1000. The highest BCUT2D eigenvalue weighted by molar-refractivity contribution is 6.32. The zero-order valence-electron chi connectivity index (χ0n) is 15.9. The summed E-state index contributed by atoms with van der Waals surface area (Å²) >= 11 is 5.85. The summed E-state index contributed by atoms with van der Waals surface area (Å²) in [4.78, 5) is 25.3. The molecule has 0 saturated heterocycles. The van der Waals surface area contributed by atoms with E-state index in [4.69, 9.17) is 16.3 Å². The number of rotatable bonds is 3. The first-order chi connectivity index (χ1) is 13.1. The molecule has 2 aromatic rings. The van der Waals surface area contributed by atoms with Crippen LogP contribution in [-0.2, 0) is 0 Å². The summed E-state index contributed by atoms with van der Waals surface area (Å²) < 4.78 is 5.30. The van der Waals surface area contributed by atoms with Crippen LogP contribution < -0.4 is 15.0 Å². The summed E-state index contributed by atoms with van der Waals surface area (Å²) in [5.41, 5.74) is 2.07. The Balaban J connectivity index is 1.99. The van der Waals surface area contributed by atoms with Crippen molar-refractivity contribution in [1.29, 1.82) is 0 Å². The van der Waals surface area contributed by atoms with Gasteiger partial charge in [-0.05, 0) is 56.7 Å². The van der Waals surface area contributed by atoms with Crippen LogP contribution in [0.1, 0.15) is 26.3 Å². The van der Waals surface area contributed by atoms with Crippen LogP contribution in [-0.4, -0.2) is 23.6 Å². The molecule has 2 amide bonds. The fraction of sp³-hybridized carbons (Fsp3) is 0.250. The summed E-state index contributed by atoms with van der Waals surface area (Å²) in [7, 11) is 1.59. The summed E-state index contributed by atoms with van der Waals surface area (Å²) in [6.07, 6.45) is 2.00. The molecule has 0 aliphatic carbocycles. The van der Waals surface area contributed by atoms with Crippen molar-refractivity contribution in [2.75, 3.05) is 17.3 Å². The van der Waals surface area contributed by atoms with E-state index in [1.807, 2.05) is 39.0 Å². The summed E-state index contributed by atoms with van der Waals surface area (Å²) in [6, 6.07) is 9.25. The van der Waals surface area contributed by atoms with Gasteiger partial charge in [-0.3, -0.25) is 15.0 Å². The number of fused-ring (bicyclic) bond motifs is 1. The number of halogens is 1. The van der Waals surface area contributed by atoms with Crippen LogP contribution >= 0.6 is 11.6 Å². The second-order valence-electron chi connectivity index (χ2n) is 7.05. The number of carbonyl (C=O) groups excluding carboxylic acids is 1. The van der Waals surface area contributed by atoms with Gasteiger partial charge in [0.15, 0.2) is 0 Å². The number of ether oxygens (including phenoxy) is 1. The van der Waals surface area contributed by atoms with Crippen molar-refractivity contribution in [3.05, 3.63) is 63.2 Å². The van der Waals surface area contributed by atoms with E-state index in [0.717, 1.165) is 16.8 Å². The Hall–Kier alpha value is -3.06. The molecule has 0 unspecified atom stereocenters. The van der Waals surface area contributed by atoms with Crippen molar-refractivity contribution < 1.29 is 14.5 Å². The topological polar surface area (TPSA) is 84.7 Å². The SMILES string of the molecule is COc1ccc2c(c1)C(C)=CC(C)(C)N2C(=O)Nc1ccc(Cl)c([N+](=O)[O-])c1. The number of nitro groups is 1. The maximum absolute atomic E-state index is 13.1. The molecule has 0 spiro atoms. The van der Waals surface area contributed by atoms with Gasteiger partial charge in [-0.2, -0.15) is 0 Å². The van der Waals surface area contributed by atoms with Gasteiger partial charge in [0.25, 0.3) is 5.69 Å². The number of methoxy groups -OCH3 is 1. The average molecular weight is 402 g/mol. The first-order valence-corrected chi connectivity index (χ1v) is 8.95. The van der Waals surface area contributed by atoms with Crippen LogP contribution in [0.15, 0.2) is 42.5 Å². The van der Waals surface area contributed by atoms with E-state index in [-0.39, 0.29) is 10.7 Å². The minimum Gasteiger partial charge on any atom is -0.497 e. The molecular weight excluding hydrogens is 382 g/mol. The van der Waals surface area contributed by atoms with Crippen LogP contribution in [0.2, 0.25) is 5.02 Å². The van der Waals surface area contributed by atoms with Crippen molar-refractivity contribution in [3.63, 3.8) is 0 Å². The quantitative estimate of drug-likeness (QED) is 0.544. The number of hydrogen-bond donors (Lipinski definition) is 1. The number of urea groups is 1. The molecular formula is C20H20ClN3O4. The van der Waals surface area contributed by atoms with E-state index >= 15 is 0 Å². The van der Waals surface area contributed by atoms with Crippen LogP contribution in [0, 0.1) is 10.1 Å². The normalized spacial score (nSPS) is 14.8. The van der Waals surface area contributed by atoms with Crippen molar-refractivity contribution in [2.45, 2.75) is 26.3 Å². The molecule has 0 aromatic heterocycles. The zero-order valence-corrected chi connectivity index (χ0v) is 16.7. The maximum Gasteiger partial charge on any atom is 0.327 e. The van der Waals surface area contributed by atoms with Crippen molar-refractivity contribution in [1.82, 2.24) is 0 Å². The molecule has 1 heterocycles. The van der Waals surface area contributed by atoms with Crippen molar-refractivity contribution in [3.8, 4) is 5.75 Å². The monoisotopic (exact) mass is 401 g/mol. The van der Waals surface area contributed by atoms with Crippen molar-refractivity contribution >= 4 is 40.3 Å². The van der Waals surface area contributed by atoms with E-state index in [0.29, 0.717) is 11.4 Å². The highest BCUT2D eigenvalue weighted by atomic mass is 35.5. The van der Waals surface area contributed by atoms with Crippen LogP contribution in [0.4, 0.5) is 21.9 Å². The molecule has 0 saturated carbocycles. The summed E-state index contributed by atoms with van der Waals surface area (Å²) in [5.74, 6) is 0.694.